The van der Waals surface area contributed by atoms with Crippen LogP contribution in [0.5, 0.6) is 0 Å². The Kier molecular flexibility index (Phi) is 7.65. The van der Waals surface area contributed by atoms with E-state index in [1.54, 1.807) is 0 Å². The number of hydrogen-bond donors (Lipinski definition) is 0. The highest BCUT2D eigenvalue weighted by atomic mass is 28.4. The first-order chi connectivity index (χ1) is 7.45. The summed E-state index contributed by atoms with van der Waals surface area (Å²) >= 11 is 0. The average Bonchev–Trinajstić information content (AvgIpc) is 2.25. The number of hydrogen-bond acceptors (Lipinski definition) is 5. The van der Waals surface area contributed by atoms with E-state index < -0.39 is 17.4 Å². The smallest absolute Gasteiger partial charge is 0.418 e. The second-order valence-electron chi connectivity index (χ2n) is 3.90. The molecule has 0 bridgehead atoms. The summed E-state index contributed by atoms with van der Waals surface area (Å²) in [6.45, 7) is 7.63. The molecule has 16 heavy (non-hydrogen) atoms. The van der Waals surface area contributed by atoms with E-state index in [-0.39, 0.29) is 0 Å². The molecule has 0 aliphatic carbocycles. The molecule has 0 aliphatic heterocycles. The fraction of sp³-hybridized carbons (Fsp3) is 1.00. The van der Waals surface area contributed by atoms with Gasteiger partial charge in [-0.05, 0) is 26.1 Å². The SMILES string of the molecule is CCO[Si](C)(C)CCO[Si](OC)(OC)OC. The third-order valence-corrected chi connectivity index (χ3v) is 6.80. The van der Waals surface area contributed by atoms with Crippen LogP contribution in [0.25, 0.3) is 0 Å². The second kappa shape index (κ2) is 7.54. The predicted molar refractivity (Wildman–Crippen MR) is 66.6 cm³/mol. The summed E-state index contributed by atoms with van der Waals surface area (Å²) in [5, 5.41) is 0. The van der Waals surface area contributed by atoms with Gasteiger partial charge in [-0.3, -0.25) is 0 Å². The molecule has 0 aromatic carbocycles. The first-order valence-electron chi connectivity index (χ1n) is 5.38. The van der Waals surface area contributed by atoms with Crippen molar-refractivity contribution in [3.05, 3.63) is 0 Å². The summed E-state index contributed by atoms with van der Waals surface area (Å²) in [6, 6.07) is 0.895. The molecule has 0 saturated heterocycles. The van der Waals surface area contributed by atoms with Gasteiger partial charge in [0.2, 0.25) is 0 Å². The summed E-state index contributed by atoms with van der Waals surface area (Å²) in [7, 11) is 0.112. The molecule has 0 aromatic heterocycles. The topological polar surface area (TPSA) is 46.2 Å². The average molecular weight is 268 g/mol. The Morgan fingerprint density at radius 1 is 0.875 bits per heavy atom. The zero-order chi connectivity index (χ0) is 12.7. The zero-order valence-electron chi connectivity index (χ0n) is 11.2. The molecule has 0 aliphatic rings. The highest BCUT2D eigenvalue weighted by Gasteiger charge is 2.42. The third-order valence-electron chi connectivity index (χ3n) is 2.27. The van der Waals surface area contributed by atoms with E-state index in [9.17, 15) is 0 Å². The van der Waals surface area contributed by atoms with Crippen LogP contribution in [0.2, 0.25) is 19.1 Å². The van der Waals surface area contributed by atoms with Crippen molar-refractivity contribution < 1.29 is 22.1 Å². The molecular weight excluding hydrogens is 244 g/mol. The van der Waals surface area contributed by atoms with Crippen molar-refractivity contribution in [2.45, 2.75) is 26.1 Å². The van der Waals surface area contributed by atoms with E-state index in [1.165, 1.54) is 21.3 Å². The van der Waals surface area contributed by atoms with Crippen LogP contribution in [0.3, 0.4) is 0 Å². The Balaban J connectivity index is 4.04. The molecule has 0 fully saturated rings. The van der Waals surface area contributed by atoms with Crippen LogP contribution in [0, 0.1) is 0 Å². The van der Waals surface area contributed by atoms with Gasteiger partial charge in [-0.25, -0.2) is 0 Å². The molecule has 0 saturated carbocycles. The van der Waals surface area contributed by atoms with Crippen LogP contribution in [0.1, 0.15) is 6.92 Å². The molecule has 98 valence electrons. The van der Waals surface area contributed by atoms with E-state index in [4.69, 9.17) is 22.1 Å². The molecular formula is C9H24O5Si2. The van der Waals surface area contributed by atoms with Gasteiger partial charge in [0, 0.05) is 34.5 Å². The standard InChI is InChI=1S/C9H24O5Si2/c1-7-13-15(5,6)9-8-14-16(10-2,11-3)12-4/h7-9H2,1-6H3. The summed E-state index contributed by atoms with van der Waals surface area (Å²) in [5.74, 6) is 0. The lowest BCUT2D eigenvalue weighted by Crippen LogP contribution is -2.47. The largest absolute Gasteiger partial charge is 0.678 e. The lowest BCUT2D eigenvalue weighted by molar-refractivity contribution is 0.00876. The lowest BCUT2D eigenvalue weighted by atomic mass is 10.9. The summed E-state index contributed by atoms with van der Waals surface area (Å²) in [4.78, 5) is 0. The fourth-order valence-electron chi connectivity index (χ4n) is 1.31. The van der Waals surface area contributed by atoms with Crippen molar-refractivity contribution in [1.82, 2.24) is 0 Å². The van der Waals surface area contributed by atoms with Crippen LogP contribution >= 0.6 is 0 Å². The van der Waals surface area contributed by atoms with Gasteiger partial charge in [-0.1, -0.05) is 0 Å². The van der Waals surface area contributed by atoms with Gasteiger partial charge in [0.25, 0.3) is 0 Å². The van der Waals surface area contributed by atoms with Gasteiger partial charge in [0.05, 0.1) is 0 Å². The van der Waals surface area contributed by atoms with Crippen molar-refractivity contribution in [3.63, 3.8) is 0 Å². The van der Waals surface area contributed by atoms with E-state index in [0.29, 0.717) is 6.61 Å². The van der Waals surface area contributed by atoms with Crippen molar-refractivity contribution in [2.24, 2.45) is 0 Å². The Morgan fingerprint density at radius 2 is 1.38 bits per heavy atom. The van der Waals surface area contributed by atoms with Crippen molar-refractivity contribution in [3.8, 4) is 0 Å². The fourth-order valence-corrected chi connectivity index (χ4v) is 4.24. The van der Waals surface area contributed by atoms with Gasteiger partial charge in [-0.2, -0.15) is 0 Å². The van der Waals surface area contributed by atoms with E-state index in [1.807, 2.05) is 6.92 Å². The maximum absolute atomic E-state index is 5.70. The zero-order valence-corrected chi connectivity index (χ0v) is 13.2. The van der Waals surface area contributed by atoms with E-state index in [0.717, 1.165) is 12.7 Å². The van der Waals surface area contributed by atoms with Crippen LogP contribution in [-0.2, 0) is 22.1 Å². The summed E-state index contributed by atoms with van der Waals surface area (Å²) in [5.41, 5.74) is 0. The van der Waals surface area contributed by atoms with Gasteiger partial charge in [0.15, 0.2) is 8.32 Å². The van der Waals surface area contributed by atoms with Gasteiger partial charge in [-0.15, -0.1) is 0 Å². The lowest BCUT2D eigenvalue weighted by Gasteiger charge is -2.26. The molecule has 0 rings (SSSR count). The predicted octanol–water partition coefficient (Wildman–Crippen LogP) is 1.62. The molecule has 0 heterocycles. The highest BCUT2D eigenvalue weighted by Crippen LogP contribution is 2.14. The first kappa shape index (κ1) is 16.2. The molecule has 0 unspecified atom stereocenters. The summed E-state index contributed by atoms with van der Waals surface area (Å²) < 4.78 is 26.8. The van der Waals surface area contributed by atoms with E-state index in [2.05, 4.69) is 13.1 Å². The van der Waals surface area contributed by atoms with Crippen molar-refractivity contribution >= 4 is 17.4 Å². The molecule has 0 atom stereocenters. The summed E-state index contributed by atoms with van der Waals surface area (Å²) in [6.07, 6.45) is 0. The molecule has 0 aromatic rings. The van der Waals surface area contributed by atoms with E-state index >= 15 is 0 Å². The van der Waals surface area contributed by atoms with Crippen LogP contribution in [0.4, 0.5) is 0 Å². The van der Waals surface area contributed by atoms with Gasteiger partial charge >= 0.3 is 9.05 Å². The number of rotatable bonds is 9. The maximum atomic E-state index is 5.70. The Bertz CT molecular complexity index is 176. The monoisotopic (exact) mass is 268 g/mol. The minimum atomic E-state index is -2.87. The van der Waals surface area contributed by atoms with Crippen LogP contribution < -0.4 is 0 Å². The van der Waals surface area contributed by atoms with Gasteiger partial charge < -0.3 is 22.1 Å². The molecule has 0 N–H and O–H groups in total. The van der Waals surface area contributed by atoms with Crippen molar-refractivity contribution in [1.29, 1.82) is 0 Å². The Hall–Kier alpha value is 0.234. The van der Waals surface area contributed by atoms with Crippen molar-refractivity contribution in [2.75, 3.05) is 34.5 Å². The molecule has 5 nitrogen and oxygen atoms in total. The van der Waals surface area contributed by atoms with Gasteiger partial charge in [0.1, 0.15) is 0 Å². The van der Waals surface area contributed by atoms with Crippen LogP contribution in [0.15, 0.2) is 0 Å². The minimum Gasteiger partial charge on any atom is -0.418 e. The third kappa shape index (κ3) is 5.53. The molecule has 0 spiro atoms. The molecule has 0 radical (unpaired) electrons. The molecule has 7 heteroatoms. The minimum absolute atomic E-state index is 0.543. The Labute approximate surface area is 101 Å². The first-order valence-corrected chi connectivity index (χ1v) is 10.1. The quantitative estimate of drug-likeness (QED) is 0.595. The van der Waals surface area contributed by atoms with Crippen LogP contribution in [-0.4, -0.2) is 51.9 Å². The maximum Gasteiger partial charge on any atom is 0.678 e. The molecule has 0 amide bonds. The highest BCUT2D eigenvalue weighted by molar-refractivity contribution is 6.71. The normalized spacial score (nSPS) is 13.1. The second-order valence-corrected chi connectivity index (χ2v) is 10.7. The Morgan fingerprint density at radius 3 is 1.75 bits per heavy atom.